The van der Waals surface area contributed by atoms with Crippen molar-refractivity contribution in [3.05, 3.63) is 29.3 Å². The van der Waals surface area contributed by atoms with Crippen molar-refractivity contribution in [1.29, 1.82) is 0 Å². The van der Waals surface area contributed by atoms with Gasteiger partial charge in [0.1, 0.15) is 0 Å². The predicted octanol–water partition coefficient (Wildman–Crippen LogP) is 2.09. The van der Waals surface area contributed by atoms with E-state index >= 15 is 0 Å². The molecular formula is C10H14O2S. The van der Waals surface area contributed by atoms with Crippen molar-refractivity contribution in [2.75, 3.05) is 0 Å². The average molecular weight is 198 g/mol. The molecule has 1 rings (SSSR count). The van der Waals surface area contributed by atoms with Crippen LogP contribution in [-0.4, -0.2) is 8.42 Å². The lowest BCUT2D eigenvalue weighted by Gasteiger charge is -2.06. The van der Waals surface area contributed by atoms with Crippen LogP contribution >= 0.6 is 0 Å². The fourth-order valence-electron chi connectivity index (χ4n) is 1.18. The SMILES string of the molecule is Cc1ccc(C(C)C)cc1[SH](=O)=O. The molecule has 72 valence electrons. The molecule has 0 aromatic heterocycles. The maximum atomic E-state index is 10.8. The van der Waals surface area contributed by atoms with Gasteiger partial charge < -0.3 is 0 Å². The van der Waals surface area contributed by atoms with Gasteiger partial charge in [0.25, 0.3) is 0 Å². The smallest absolute Gasteiger partial charge is 0.168 e. The highest BCUT2D eigenvalue weighted by molar-refractivity contribution is 7.72. The lowest BCUT2D eigenvalue weighted by Crippen LogP contribution is -1.92. The summed E-state index contributed by atoms with van der Waals surface area (Å²) in [6.45, 7) is 5.91. The molecule has 0 bridgehead atoms. The first-order valence-corrected chi connectivity index (χ1v) is 5.45. The van der Waals surface area contributed by atoms with E-state index < -0.39 is 10.7 Å². The Bertz CT molecular complexity index is 371. The summed E-state index contributed by atoms with van der Waals surface area (Å²) in [6.07, 6.45) is 0. The summed E-state index contributed by atoms with van der Waals surface area (Å²) < 4.78 is 21.7. The zero-order valence-corrected chi connectivity index (χ0v) is 8.97. The lowest BCUT2D eigenvalue weighted by molar-refractivity contribution is 0.614. The van der Waals surface area contributed by atoms with Crippen LogP contribution in [0.5, 0.6) is 0 Å². The minimum Gasteiger partial charge on any atom is -0.227 e. The van der Waals surface area contributed by atoms with E-state index in [0.717, 1.165) is 11.1 Å². The summed E-state index contributed by atoms with van der Waals surface area (Å²) in [4.78, 5) is 0.446. The third kappa shape index (κ3) is 2.31. The van der Waals surface area contributed by atoms with E-state index in [0.29, 0.717) is 10.8 Å². The Morgan fingerprint density at radius 3 is 2.31 bits per heavy atom. The van der Waals surface area contributed by atoms with Gasteiger partial charge in [-0.25, -0.2) is 8.42 Å². The highest BCUT2D eigenvalue weighted by Gasteiger charge is 2.04. The van der Waals surface area contributed by atoms with Crippen LogP contribution in [0, 0.1) is 6.92 Å². The van der Waals surface area contributed by atoms with Crippen LogP contribution in [0.3, 0.4) is 0 Å². The average Bonchev–Trinajstić information content (AvgIpc) is 2.04. The Balaban J connectivity index is 3.27. The molecule has 0 N–H and O–H groups in total. The van der Waals surface area contributed by atoms with Crippen LogP contribution in [0.4, 0.5) is 0 Å². The van der Waals surface area contributed by atoms with Crippen molar-refractivity contribution >= 4 is 10.7 Å². The van der Waals surface area contributed by atoms with Gasteiger partial charge in [-0.2, -0.15) is 0 Å². The van der Waals surface area contributed by atoms with Crippen LogP contribution in [0.15, 0.2) is 23.1 Å². The van der Waals surface area contributed by atoms with Gasteiger partial charge >= 0.3 is 0 Å². The van der Waals surface area contributed by atoms with Gasteiger partial charge in [-0.05, 0) is 30.0 Å². The molecule has 2 nitrogen and oxygen atoms in total. The first kappa shape index (κ1) is 10.3. The molecule has 1 aromatic carbocycles. The molecule has 0 aliphatic carbocycles. The van der Waals surface area contributed by atoms with Crippen molar-refractivity contribution in [2.45, 2.75) is 31.6 Å². The normalized spacial score (nSPS) is 11.2. The second kappa shape index (κ2) is 3.92. The third-order valence-corrected chi connectivity index (χ3v) is 2.97. The first-order chi connectivity index (χ1) is 6.02. The molecule has 0 saturated carbocycles. The summed E-state index contributed by atoms with van der Waals surface area (Å²) in [5.74, 6) is 0.370. The molecule has 0 aliphatic heterocycles. The largest absolute Gasteiger partial charge is 0.227 e. The van der Waals surface area contributed by atoms with Gasteiger partial charge in [-0.1, -0.05) is 26.0 Å². The van der Waals surface area contributed by atoms with E-state index in [1.165, 1.54) is 0 Å². The molecule has 0 spiro atoms. The standard InChI is InChI=1S/C10H14O2S/c1-7(2)9-5-4-8(3)10(6-9)13(11)12/h4-7,13H,1-3H3. The monoisotopic (exact) mass is 198 g/mol. The molecule has 1 aromatic rings. The van der Waals surface area contributed by atoms with Crippen LogP contribution in [0.25, 0.3) is 0 Å². The summed E-state index contributed by atoms with van der Waals surface area (Å²) in [5, 5.41) is 0. The molecule has 0 aliphatic rings. The van der Waals surface area contributed by atoms with Gasteiger partial charge in [0.2, 0.25) is 0 Å². The van der Waals surface area contributed by atoms with E-state index in [2.05, 4.69) is 0 Å². The maximum absolute atomic E-state index is 10.8. The Kier molecular flexibility index (Phi) is 3.09. The van der Waals surface area contributed by atoms with Crippen molar-refractivity contribution in [1.82, 2.24) is 0 Å². The number of hydrogen-bond acceptors (Lipinski definition) is 2. The van der Waals surface area contributed by atoms with Crippen molar-refractivity contribution in [3.63, 3.8) is 0 Å². The van der Waals surface area contributed by atoms with E-state index in [9.17, 15) is 8.42 Å². The first-order valence-electron chi connectivity index (χ1n) is 4.27. The fourth-order valence-corrected chi connectivity index (χ4v) is 1.80. The van der Waals surface area contributed by atoms with Gasteiger partial charge in [-0.3, -0.25) is 0 Å². The molecule has 0 unspecified atom stereocenters. The Hall–Kier alpha value is -0.830. The molecule has 0 radical (unpaired) electrons. The van der Waals surface area contributed by atoms with Crippen molar-refractivity contribution < 1.29 is 8.42 Å². The highest BCUT2D eigenvalue weighted by atomic mass is 32.2. The third-order valence-electron chi connectivity index (χ3n) is 2.10. The molecule has 3 heteroatoms. The van der Waals surface area contributed by atoms with Crippen LogP contribution in [0.1, 0.15) is 30.9 Å². The van der Waals surface area contributed by atoms with Gasteiger partial charge in [0, 0.05) is 0 Å². The number of hydrogen-bond donors (Lipinski definition) is 1. The van der Waals surface area contributed by atoms with E-state index in [1.807, 2.05) is 32.9 Å². The number of benzene rings is 1. The maximum Gasteiger partial charge on any atom is 0.168 e. The quantitative estimate of drug-likeness (QED) is 0.738. The number of rotatable bonds is 2. The van der Waals surface area contributed by atoms with Crippen molar-refractivity contribution in [3.8, 4) is 0 Å². The molecule has 13 heavy (non-hydrogen) atoms. The second-order valence-corrected chi connectivity index (χ2v) is 4.45. The topological polar surface area (TPSA) is 34.1 Å². The summed E-state index contributed by atoms with van der Waals surface area (Å²) in [6, 6.07) is 5.59. The molecule has 0 atom stereocenters. The zero-order chi connectivity index (χ0) is 10.0. The highest BCUT2D eigenvalue weighted by Crippen LogP contribution is 2.19. The second-order valence-electron chi connectivity index (χ2n) is 3.46. The van der Waals surface area contributed by atoms with Crippen LogP contribution < -0.4 is 0 Å². The molecule has 0 heterocycles. The Labute approximate surface area is 80.5 Å². The van der Waals surface area contributed by atoms with E-state index in [1.54, 1.807) is 6.07 Å². The Morgan fingerprint density at radius 2 is 1.85 bits per heavy atom. The Morgan fingerprint density at radius 1 is 1.23 bits per heavy atom. The van der Waals surface area contributed by atoms with Gasteiger partial charge in [0.15, 0.2) is 10.7 Å². The molecular weight excluding hydrogens is 184 g/mol. The van der Waals surface area contributed by atoms with Gasteiger partial charge in [0.05, 0.1) is 4.90 Å². The van der Waals surface area contributed by atoms with Crippen LogP contribution in [0.2, 0.25) is 0 Å². The lowest BCUT2D eigenvalue weighted by atomic mass is 10.0. The summed E-state index contributed by atoms with van der Waals surface area (Å²) >= 11 is 0. The fraction of sp³-hybridized carbons (Fsp3) is 0.400. The minimum atomic E-state index is -2.46. The van der Waals surface area contributed by atoms with Crippen LogP contribution in [-0.2, 0) is 10.7 Å². The molecule has 0 amide bonds. The number of aryl methyl sites for hydroxylation is 1. The van der Waals surface area contributed by atoms with E-state index in [4.69, 9.17) is 0 Å². The number of thiol groups is 1. The molecule has 0 fully saturated rings. The summed E-state index contributed by atoms with van der Waals surface area (Å²) in [5.41, 5.74) is 1.89. The minimum absolute atomic E-state index is 0.370. The zero-order valence-electron chi connectivity index (χ0n) is 8.07. The van der Waals surface area contributed by atoms with Crippen molar-refractivity contribution in [2.24, 2.45) is 0 Å². The molecule has 0 saturated heterocycles. The summed E-state index contributed by atoms with van der Waals surface area (Å²) in [7, 11) is -2.46. The predicted molar refractivity (Wildman–Crippen MR) is 53.8 cm³/mol. The van der Waals surface area contributed by atoms with E-state index in [-0.39, 0.29) is 0 Å². The van der Waals surface area contributed by atoms with Gasteiger partial charge in [-0.15, -0.1) is 0 Å².